The van der Waals surface area contributed by atoms with Gasteiger partial charge in [-0.1, -0.05) is 66.2 Å². The molecule has 0 aromatic heterocycles. The van der Waals surface area contributed by atoms with Gasteiger partial charge < -0.3 is 5.32 Å². The van der Waals surface area contributed by atoms with Gasteiger partial charge in [-0.05, 0) is 53.8 Å². The van der Waals surface area contributed by atoms with Gasteiger partial charge >= 0.3 is 6.18 Å². The highest BCUT2D eigenvalue weighted by Crippen LogP contribution is 2.30. The molecule has 1 amide bonds. The zero-order chi connectivity index (χ0) is 23.1. The molecule has 0 bridgehead atoms. The highest BCUT2D eigenvalue weighted by Gasteiger charge is 2.30. The Bertz CT molecular complexity index is 1010. The van der Waals surface area contributed by atoms with Crippen LogP contribution >= 0.6 is 11.6 Å². The monoisotopic (exact) mass is 460 g/mol. The maximum absolute atomic E-state index is 12.8. The molecule has 0 aliphatic heterocycles. The normalized spacial score (nSPS) is 13.4. The maximum atomic E-state index is 12.8. The quantitative estimate of drug-likeness (QED) is 0.426. The van der Waals surface area contributed by atoms with Crippen molar-refractivity contribution in [3.05, 3.63) is 106 Å². The van der Waals surface area contributed by atoms with Gasteiger partial charge in [0.25, 0.3) is 0 Å². The number of carbonyl (C=O) groups is 1. The molecule has 32 heavy (non-hydrogen) atoms. The summed E-state index contributed by atoms with van der Waals surface area (Å²) in [5.41, 5.74) is 1.87. The van der Waals surface area contributed by atoms with Crippen molar-refractivity contribution >= 4 is 17.5 Å². The first-order valence-corrected chi connectivity index (χ1v) is 10.6. The largest absolute Gasteiger partial charge is 0.416 e. The van der Waals surface area contributed by atoms with Crippen LogP contribution < -0.4 is 10.6 Å². The van der Waals surface area contributed by atoms with Crippen LogP contribution in [0.25, 0.3) is 0 Å². The molecule has 3 aromatic rings. The van der Waals surface area contributed by atoms with Crippen molar-refractivity contribution in [3.63, 3.8) is 0 Å². The molecule has 0 aliphatic carbocycles. The van der Waals surface area contributed by atoms with Crippen LogP contribution in [0.5, 0.6) is 0 Å². The minimum atomic E-state index is -4.36. The number of nitrogens with one attached hydrogen (secondary N) is 2. The van der Waals surface area contributed by atoms with Gasteiger partial charge in [0.05, 0.1) is 5.56 Å². The van der Waals surface area contributed by atoms with Crippen molar-refractivity contribution in [2.45, 2.75) is 31.1 Å². The predicted molar refractivity (Wildman–Crippen MR) is 120 cm³/mol. The number of alkyl halides is 3. The average Bonchev–Trinajstić information content (AvgIpc) is 2.80. The van der Waals surface area contributed by atoms with Gasteiger partial charge in [0, 0.05) is 18.1 Å². The lowest BCUT2D eigenvalue weighted by molar-refractivity contribution is -0.137. The lowest BCUT2D eigenvalue weighted by atomic mass is 9.96. The van der Waals surface area contributed by atoms with Gasteiger partial charge in [-0.15, -0.1) is 0 Å². The fraction of sp³-hybridized carbons (Fsp3) is 0.240. The topological polar surface area (TPSA) is 41.1 Å². The Kier molecular flexibility index (Phi) is 7.94. The summed E-state index contributed by atoms with van der Waals surface area (Å²) in [5.74, 6) is -0.176. The van der Waals surface area contributed by atoms with Crippen molar-refractivity contribution in [2.24, 2.45) is 0 Å². The number of carbonyl (C=O) groups excluding carboxylic acids is 1. The lowest BCUT2D eigenvalue weighted by Gasteiger charge is -2.26. The van der Waals surface area contributed by atoms with Crippen molar-refractivity contribution in [3.8, 4) is 0 Å². The smallest absolute Gasteiger partial charge is 0.358 e. The molecule has 2 N–H and O–H groups in total. The van der Waals surface area contributed by atoms with Gasteiger partial charge in [-0.3, -0.25) is 10.1 Å². The molecule has 0 aliphatic rings. The van der Waals surface area contributed by atoms with Crippen LogP contribution in [0.3, 0.4) is 0 Å². The van der Waals surface area contributed by atoms with Crippen LogP contribution in [0, 0.1) is 0 Å². The molecule has 168 valence electrons. The molecule has 3 aromatic carbocycles. The van der Waals surface area contributed by atoms with E-state index in [1.807, 2.05) is 42.5 Å². The molecule has 3 rings (SSSR count). The van der Waals surface area contributed by atoms with Gasteiger partial charge in [0.15, 0.2) is 0 Å². The third kappa shape index (κ3) is 6.34. The maximum Gasteiger partial charge on any atom is 0.416 e. The number of benzene rings is 3. The van der Waals surface area contributed by atoms with Crippen LogP contribution in [-0.2, 0) is 17.4 Å². The zero-order valence-electron chi connectivity index (χ0n) is 17.5. The van der Waals surface area contributed by atoms with E-state index < -0.39 is 17.8 Å². The van der Waals surface area contributed by atoms with Crippen LogP contribution in [0.1, 0.15) is 40.8 Å². The highest BCUT2D eigenvalue weighted by atomic mass is 35.5. The molecule has 0 spiro atoms. The second-order valence-corrected chi connectivity index (χ2v) is 7.90. The molecule has 7 heteroatoms. The first kappa shape index (κ1) is 23.8. The number of hydrogen-bond acceptors (Lipinski definition) is 2. The standard InChI is InChI=1S/C25H24ClF3N2O/c1-30-24(32)23(19-5-3-2-4-6-19)31-22(18-10-14-21(26)15-11-18)16-9-17-7-12-20(13-8-17)25(27,28)29/h2-8,10-15,22-23,31H,9,16H2,1H3,(H,30,32). The zero-order valence-corrected chi connectivity index (χ0v) is 18.3. The van der Waals surface area contributed by atoms with E-state index in [0.717, 1.165) is 28.8 Å². The molecular formula is C25H24ClF3N2O. The molecule has 0 saturated carbocycles. The second kappa shape index (κ2) is 10.7. The number of rotatable bonds is 8. The van der Waals surface area contributed by atoms with E-state index in [0.29, 0.717) is 17.9 Å². The fourth-order valence-electron chi connectivity index (χ4n) is 3.53. The fourth-order valence-corrected chi connectivity index (χ4v) is 3.65. The number of amides is 1. The summed E-state index contributed by atoms with van der Waals surface area (Å²) < 4.78 is 38.5. The van der Waals surface area contributed by atoms with Crippen molar-refractivity contribution in [2.75, 3.05) is 7.05 Å². The van der Waals surface area contributed by atoms with Crippen LogP contribution in [0.15, 0.2) is 78.9 Å². The Morgan fingerprint density at radius 1 is 0.906 bits per heavy atom. The molecule has 2 unspecified atom stereocenters. The Morgan fingerprint density at radius 2 is 1.53 bits per heavy atom. The van der Waals surface area contributed by atoms with E-state index in [4.69, 9.17) is 11.6 Å². The molecule has 0 heterocycles. The van der Waals surface area contributed by atoms with E-state index in [1.54, 1.807) is 19.2 Å². The second-order valence-electron chi connectivity index (χ2n) is 7.46. The van der Waals surface area contributed by atoms with Crippen molar-refractivity contribution in [1.82, 2.24) is 10.6 Å². The minimum absolute atomic E-state index is 0.176. The minimum Gasteiger partial charge on any atom is -0.358 e. The Labute approximate surface area is 190 Å². The number of hydrogen-bond donors (Lipinski definition) is 2. The third-order valence-corrected chi connectivity index (χ3v) is 5.54. The van der Waals surface area contributed by atoms with Gasteiger partial charge in [0.1, 0.15) is 6.04 Å². The Hall–Kier alpha value is -2.83. The van der Waals surface area contributed by atoms with E-state index in [-0.39, 0.29) is 11.9 Å². The molecule has 3 nitrogen and oxygen atoms in total. The number of halogens is 4. The molecule has 0 saturated heterocycles. The van der Waals surface area contributed by atoms with E-state index >= 15 is 0 Å². The summed E-state index contributed by atoms with van der Waals surface area (Å²) in [5, 5.41) is 6.72. The summed E-state index contributed by atoms with van der Waals surface area (Å²) >= 11 is 6.04. The van der Waals surface area contributed by atoms with E-state index in [2.05, 4.69) is 10.6 Å². The van der Waals surface area contributed by atoms with E-state index in [9.17, 15) is 18.0 Å². The Morgan fingerprint density at radius 3 is 2.09 bits per heavy atom. The third-order valence-electron chi connectivity index (χ3n) is 5.28. The van der Waals surface area contributed by atoms with Crippen molar-refractivity contribution < 1.29 is 18.0 Å². The molecule has 0 radical (unpaired) electrons. The van der Waals surface area contributed by atoms with Gasteiger partial charge in [-0.25, -0.2) is 0 Å². The number of likely N-dealkylation sites (N-methyl/N-ethyl adjacent to an activating group) is 1. The first-order valence-electron chi connectivity index (χ1n) is 10.2. The molecule has 2 atom stereocenters. The predicted octanol–water partition coefficient (Wildman–Crippen LogP) is 6.11. The van der Waals surface area contributed by atoms with E-state index in [1.165, 1.54) is 12.1 Å². The van der Waals surface area contributed by atoms with Crippen molar-refractivity contribution in [1.29, 1.82) is 0 Å². The average molecular weight is 461 g/mol. The summed E-state index contributed by atoms with van der Waals surface area (Å²) in [6, 6.07) is 21.1. The SMILES string of the molecule is CNC(=O)C(NC(CCc1ccc(C(F)(F)F)cc1)c1ccc(Cl)cc1)c1ccccc1. The van der Waals surface area contributed by atoms with Crippen LogP contribution in [-0.4, -0.2) is 13.0 Å². The highest BCUT2D eigenvalue weighted by molar-refractivity contribution is 6.30. The van der Waals surface area contributed by atoms with Crippen LogP contribution in [0.2, 0.25) is 5.02 Å². The lowest BCUT2D eigenvalue weighted by Crippen LogP contribution is -2.38. The summed E-state index contributed by atoms with van der Waals surface area (Å²) in [6.07, 6.45) is -3.25. The first-order chi connectivity index (χ1) is 15.3. The molecular weight excluding hydrogens is 437 g/mol. The Balaban J connectivity index is 1.83. The molecule has 0 fully saturated rings. The number of aryl methyl sites for hydroxylation is 1. The summed E-state index contributed by atoms with van der Waals surface area (Å²) in [7, 11) is 1.58. The van der Waals surface area contributed by atoms with Gasteiger partial charge in [-0.2, -0.15) is 13.2 Å². The van der Waals surface area contributed by atoms with Gasteiger partial charge in [0.2, 0.25) is 5.91 Å². The van der Waals surface area contributed by atoms with Crippen LogP contribution in [0.4, 0.5) is 13.2 Å². The summed E-state index contributed by atoms with van der Waals surface area (Å²) in [4.78, 5) is 12.6. The summed E-state index contributed by atoms with van der Waals surface area (Å²) in [6.45, 7) is 0.